The molecule has 0 heterocycles. The Bertz CT molecular complexity index is 557. The molecule has 0 radical (unpaired) electrons. The largest absolute Gasteiger partial charge is 0.480 e. The van der Waals surface area contributed by atoms with E-state index in [9.17, 15) is 14.4 Å². The second-order valence-electron chi connectivity index (χ2n) is 5.27. The predicted octanol–water partition coefficient (Wildman–Crippen LogP) is 1.68. The highest BCUT2D eigenvalue weighted by molar-refractivity contribution is 6.30. The number of carboxylic acid groups (broad SMARTS) is 1. The summed E-state index contributed by atoms with van der Waals surface area (Å²) >= 11 is 5.76. The number of nitrogens with one attached hydrogen (secondary N) is 2. The summed E-state index contributed by atoms with van der Waals surface area (Å²) in [6.45, 7) is 4.88. The lowest BCUT2D eigenvalue weighted by molar-refractivity contribution is -0.141. The molecule has 7 heteroatoms. The number of hydrogen-bond donors (Lipinski definition) is 3. The number of hydrogen-bond acceptors (Lipinski definition) is 3. The number of carbonyl (C=O) groups excluding carboxylic acids is 2. The van der Waals surface area contributed by atoms with E-state index < -0.39 is 29.9 Å². The van der Waals surface area contributed by atoms with Crippen molar-refractivity contribution in [3.63, 3.8) is 0 Å². The molecule has 0 aliphatic heterocycles. The minimum atomic E-state index is -1.14. The quantitative estimate of drug-likeness (QED) is 0.741. The molecule has 2 atom stereocenters. The molecule has 2 amide bonds. The Morgan fingerprint density at radius 1 is 1.05 bits per heavy atom. The van der Waals surface area contributed by atoms with Gasteiger partial charge in [0.1, 0.15) is 12.1 Å². The molecule has 1 aromatic rings. The molecule has 0 aliphatic carbocycles. The van der Waals surface area contributed by atoms with Gasteiger partial charge in [0.05, 0.1) is 0 Å². The fraction of sp³-hybridized carbons (Fsp3) is 0.400. The molecule has 0 fully saturated rings. The van der Waals surface area contributed by atoms with Crippen LogP contribution in [0.25, 0.3) is 0 Å². The van der Waals surface area contributed by atoms with Gasteiger partial charge in [-0.25, -0.2) is 0 Å². The number of benzene rings is 1. The maximum Gasteiger partial charge on any atom is 0.325 e. The number of halogens is 1. The molecule has 1 unspecified atom stereocenters. The van der Waals surface area contributed by atoms with Crippen molar-refractivity contribution < 1.29 is 19.5 Å². The Kier molecular flexibility index (Phi) is 6.37. The lowest BCUT2D eigenvalue weighted by Gasteiger charge is -2.23. The number of amides is 2. The van der Waals surface area contributed by atoms with E-state index in [-0.39, 0.29) is 5.92 Å². The van der Waals surface area contributed by atoms with Gasteiger partial charge in [-0.3, -0.25) is 14.4 Å². The van der Waals surface area contributed by atoms with E-state index >= 15 is 0 Å². The van der Waals surface area contributed by atoms with Gasteiger partial charge in [0, 0.05) is 10.6 Å². The molecule has 0 aliphatic rings. The van der Waals surface area contributed by atoms with Crippen LogP contribution in [0.15, 0.2) is 24.3 Å². The van der Waals surface area contributed by atoms with Gasteiger partial charge in [-0.05, 0) is 37.1 Å². The van der Waals surface area contributed by atoms with Crippen molar-refractivity contribution >= 4 is 29.4 Å². The Hall–Kier alpha value is -2.08. The highest BCUT2D eigenvalue weighted by Crippen LogP contribution is 2.10. The first-order chi connectivity index (χ1) is 10.2. The molecule has 0 saturated carbocycles. The summed E-state index contributed by atoms with van der Waals surface area (Å²) in [5.74, 6) is -2.29. The van der Waals surface area contributed by atoms with Gasteiger partial charge >= 0.3 is 5.97 Å². The molecule has 3 N–H and O–H groups in total. The Morgan fingerprint density at radius 2 is 1.59 bits per heavy atom. The second-order valence-corrected chi connectivity index (χ2v) is 5.71. The van der Waals surface area contributed by atoms with E-state index in [1.54, 1.807) is 38.1 Å². The first-order valence-corrected chi connectivity index (χ1v) is 7.19. The van der Waals surface area contributed by atoms with Crippen molar-refractivity contribution in [2.45, 2.75) is 32.9 Å². The molecule has 0 aromatic heterocycles. The van der Waals surface area contributed by atoms with Gasteiger partial charge in [-0.15, -0.1) is 0 Å². The third-order valence-electron chi connectivity index (χ3n) is 3.07. The maximum atomic E-state index is 12.1. The first kappa shape index (κ1) is 18.0. The van der Waals surface area contributed by atoms with Crippen LogP contribution in [0.4, 0.5) is 0 Å². The Morgan fingerprint density at radius 3 is 2.05 bits per heavy atom. The van der Waals surface area contributed by atoms with Gasteiger partial charge in [0.2, 0.25) is 5.91 Å². The van der Waals surface area contributed by atoms with Crippen LogP contribution in [0.5, 0.6) is 0 Å². The van der Waals surface area contributed by atoms with Gasteiger partial charge < -0.3 is 15.7 Å². The number of rotatable bonds is 6. The van der Waals surface area contributed by atoms with Gasteiger partial charge in [0.15, 0.2) is 0 Å². The van der Waals surface area contributed by atoms with Gasteiger partial charge in [-0.1, -0.05) is 25.4 Å². The minimum Gasteiger partial charge on any atom is -0.480 e. The minimum absolute atomic E-state index is 0.197. The molecule has 0 saturated heterocycles. The SMILES string of the molecule is CC(C)C(NC(=O)c1ccc(Cl)cc1)C(=O)N[C@H](C)C(=O)O. The van der Waals surface area contributed by atoms with Gasteiger partial charge in [0.25, 0.3) is 5.91 Å². The third kappa shape index (κ3) is 5.04. The molecular weight excluding hydrogens is 308 g/mol. The van der Waals surface area contributed by atoms with Gasteiger partial charge in [-0.2, -0.15) is 0 Å². The van der Waals surface area contributed by atoms with Crippen LogP contribution in [0.1, 0.15) is 31.1 Å². The summed E-state index contributed by atoms with van der Waals surface area (Å²) in [4.78, 5) is 35.0. The van der Waals surface area contributed by atoms with Crippen molar-refractivity contribution in [3.05, 3.63) is 34.9 Å². The Balaban J connectivity index is 2.79. The van der Waals surface area contributed by atoms with Crippen LogP contribution in [0.3, 0.4) is 0 Å². The molecule has 0 bridgehead atoms. The predicted molar refractivity (Wildman–Crippen MR) is 82.8 cm³/mol. The highest BCUT2D eigenvalue weighted by Gasteiger charge is 2.27. The normalized spacial score (nSPS) is 13.3. The zero-order valence-electron chi connectivity index (χ0n) is 12.6. The lowest BCUT2D eigenvalue weighted by atomic mass is 10.0. The summed E-state index contributed by atoms with van der Waals surface area (Å²) in [5, 5.41) is 14.3. The highest BCUT2D eigenvalue weighted by atomic mass is 35.5. The van der Waals surface area contributed by atoms with Crippen LogP contribution in [0.2, 0.25) is 5.02 Å². The Labute approximate surface area is 133 Å². The molecule has 1 aromatic carbocycles. The van der Waals surface area contributed by atoms with Crippen LogP contribution in [-0.2, 0) is 9.59 Å². The van der Waals surface area contributed by atoms with Crippen molar-refractivity contribution in [3.8, 4) is 0 Å². The van der Waals surface area contributed by atoms with E-state index in [4.69, 9.17) is 16.7 Å². The summed E-state index contributed by atoms with van der Waals surface area (Å²) < 4.78 is 0. The average Bonchev–Trinajstić information content (AvgIpc) is 2.44. The van der Waals surface area contributed by atoms with Crippen molar-refractivity contribution in [2.75, 3.05) is 0 Å². The first-order valence-electron chi connectivity index (χ1n) is 6.82. The number of aliphatic carboxylic acids is 1. The molecule has 0 spiro atoms. The fourth-order valence-electron chi connectivity index (χ4n) is 1.73. The molecule has 1 rings (SSSR count). The average molecular weight is 327 g/mol. The van der Waals surface area contributed by atoms with Crippen molar-refractivity contribution in [2.24, 2.45) is 5.92 Å². The summed E-state index contributed by atoms with van der Waals surface area (Å²) in [6, 6.07) is 4.40. The van der Waals surface area contributed by atoms with Crippen LogP contribution in [0, 0.1) is 5.92 Å². The monoisotopic (exact) mass is 326 g/mol. The van der Waals surface area contributed by atoms with E-state index in [0.29, 0.717) is 10.6 Å². The number of carboxylic acids is 1. The van der Waals surface area contributed by atoms with E-state index in [2.05, 4.69) is 10.6 Å². The van der Waals surface area contributed by atoms with Crippen LogP contribution < -0.4 is 10.6 Å². The second kappa shape index (κ2) is 7.79. The molecular formula is C15H19ClN2O4. The van der Waals surface area contributed by atoms with E-state index in [1.807, 2.05) is 0 Å². The lowest BCUT2D eigenvalue weighted by Crippen LogP contribution is -2.53. The van der Waals surface area contributed by atoms with Crippen molar-refractivity contribution in [1.82, 2.24) is 10.6 Å². The fourth-order valence-corrected chi connectivity index (χ4v) is 1.85. The molecule has 6 nitrogen and oxygen atoms in total. The molecule has 22 heavy (non-hydrogen) atoms. The van der Waals surface area contributed by atoms with Crippen LogP contribution >= 0.6 is 11.6 Å². The summed E-state index contributed by atoms with van der Waals surface area (Å²) in [5.41, 5.74) is 0.370. The third-order valence-corrected chi connectivity index (χ3v) is 3.32. The van der Waals surface area contributed by atoms with E-state index in [0.717, 1.165) is 0 Å². The maximum absolute atomic E-state index is 12.1. The van der Waals surface area contributed by atoms with E-state index in [1.165, 1.54) is 6.92 Å². The van der Waals surface area contributed by atoms with Crippen molar-refractivity contribution in [1.29, 1.82) is 0 Å². The summed E-state index contributed by atoms with van der Waals surface area (Å²) in [6.07, 6.45) is 0. The standard InChI is InChI=1S/C15H19ClN2O4/c1-8(2)12(14(20)17-9(3)15(21)22)18-13(19)10-4-6-11(16)7-5-10/h4-9,12H,1-3H3,(H,17,20)(H,18,19)(H,21,22)/t9-,12?/m1/s1. The number of carbonyl (C=O) groups is 3. The smallest absolute Gasteiger partial charge is 0.325 e. The zero-order chi connectivity index (χ0) is 16.9. The molecule has 120 valence electrons. The topological polar surface area (TPSA) is 95.5 Å². The van der Waals surface area contributed by atoms with Crippen LogP contribution in [-0.4, -0.2) is 35.0 Å². The zero-order valence-corrected chi connectivity index (χ0v) is 13.3. The summed E-state index contributed by atoms with van der Waals surface area (Å²) in [7, 11) is 0.